The molecule has 0 bridgehead atoms. The number of methoxy groups -OCH3 is 1. The summed E-state index contributed by atoms with van der Waals surface area (Å²) in [4.78, 5) is 1.74. The highest BCUT2D eigenvalue weighted by Gasteiger charge is 2.22. The highest BCUT2D eigenvalue weighted by atomic mass is 35.5. The van der Waals surface area contributed by atoms with Crippen molar-refractivity contribution >= 4 is 21.6 Å². The predicted molar refractivity (Wildman–Crippen MR) is 96.0 cm³/mol. The lowest BCUT2D eigenvalue weighted by Gasteiger charge is -2.25. The second-order valence-electron chi connectivity index (χ2n) is 5.68. The van der Waals surface area contributed by atoms with Crippen LogP contribution in [0, 0.1) is 5.82 Å². The number of rotatable bonds is 7. The Kier molecular flexibility index (Phi) is 6.40. The molecule has 1 unspecified atom stereocenters. The van der Waals surface area contributed by atoms with E-state index in [1.165, 1.54) is 0 Å². The van der Waals surface area contributed by atoms with E-state index in [2.05, 4.69) is 4.72 Å². The van der Waals surface area contributed by atoms with Gasteiger partial charge in [-0.15, -0.1) is 0 Å². The van der Waals surface area contributed by atoms with Crippen LogP contribution in [0.2, 0.25) is 5.02 Å². The molecule has 0 saturated heterocycles. The molecule has 8 heteroatoms. The van der Waals surface area contributed by atoms with Crippen LogP contribution in [0.1, 0.15) is 11.6 Å². The maximum Gasteiger partial charge on any atom is 0.242 e. The number of halogens is 2. The molecule has 5 nitrogen and oxygen atoms in total. The Balaban J connectivity index is 2.23. The summed E-state index contributed by atoms with van der Waals surface area (Å²) >= 11 is 5.86. The molecule has 0 amide bonds. The molecular formula is C17H20ClFN2O3S. The molecule has 0 radical (unpaired) electrons. The smallest absolute Gasteiger partial charge is 0.242 e. The zero-order chi connectivity index (χ0) is 18.6. The highest BCUT2D eigenvalue weighted by Crippen LogP contribution is 2.25. The normalized spacial score (nSPS) is 13.0. The molecule has 1 atom stereocenters. The van der Waals surface area contributed by atoms with Crippen molar-refractivity contribution in [3.8, 4) is 5.75 Å². The number of nitrogens with one attached hydrogen (secondary N) is 1. The van der Waals surface area contributed by atoms with Crippen molar-refractivity contribution in [3.63, 3.8) is 0 Å². The number of benzene rings is 2. The summed E-state index contributed by atoms with van der Waals surface area (Å²) in [5, 5.41) is -0.157. The summed E-state index contributed by atoms with van der Waals surface area (Å²) in [6, 6.07) is 10.4. The Hall–Kier alpha value is -1.67. The molecule has 0 aromatic heterocycles. The number of hydrogen-bond donors (Lipinski definition) is 1. The van der Waals surface area contributed by atoms with Gasteiger partial charge in [0.1, 0.15) is 16.5 Å². The van der Waals surface area contributed by atoms with Gasteiger partial charge >= 0.3 is 0 Å². The van der Waals surface area contributed by atoms with Crippen molar-refractivity contribution in [1.29, 1.82) is 0 Å². The van der Waals surface area contributed by atoms with Crippen molar-refractivity contribution in [1.82, 2.24) is 9.62 Å². The minimum absolute atomic E-state index is 0.121. The van der Waals surface area contributed by atoms with E-state index in [1.807, 2.05) is 43.3 Å². The standard InChI is InChI=1S/C17H20ClFN2O3S/c1-21(2)16(12-5-4-6-14(9-12)24-3)11-20-25(22,23)17-8-7-13(19)10-15(17)18/h4-10,16,20H,11H2,1-3H3. The van der Waals surface area contributed by atoms with Crippen LogP contribution in [0.3, 0.4) is 0 Å². The number of likely N-dealkylation sites (N-methyl/N-ethyl adjacent to an activating group) is 1. The lowest BCUT2D eigenvalue weighted by atomic mass is 10.1. The van der Waals surface area contributed by atoms with E-state index >= 15 is 0 Å². The van der Waals surface area contributed by atoms with Gasteiger partial charge in [0.15, 0.2) is 0 Å². The first kappa shape index (κ1) is 19.7. The average molecular weight is 387 g/mol. The fourth-order valence-electron chi connectivity index (χ4n) is 2.41. The van der Waals surface area contributed by atoms with Crippen LogP contribution in [0.15, 0.2) is 47.4 Å². The highest BCUT2D eigenvalue weighted by molar-refractivity contribution is 7.89. The summed E-state index contributed by atoms with van der Waals surface area (Å²) in [5.41, 5.74) is 0.900. The van der Waals surface area contributed by atoms with Crippen LogP contribution >= 0.6 is 11.6 Å². The zero-order valence-electron chi connectivity index (χ0n) is 14.2. The first-order valence-corrected chi connectivity index (χ1v) is 9.36. The number of ether oxygens (including phenoxy) is 1. The molecule has 136 valence electrons. The van der Waals surface area contributed by atoms with Crippen molar-refractivity contribution in [3.05, 3.63) is 58.9 Å². The van der Waals surface area contributed by atoms with E-state index in [1.54, 1.807) is 7.11 Å². The molecule has 0 aliphatic heterocycles. The molecule has 0 aliphatic rings. The summed E-state index contributed by atoms with van der Waals surface area (Å²) < 4.78 is 45.9. The predicted octanol–water partition coefficient (Wildman–Crippen LogP) is 3.07. The van der Waals surface area contributed by atoms with Crippen LogP contribution in [-0.4, -0.2) is 41.1 Å². The van der Waals surface area contributed by atoms with E-state index in [4.69, 9.17) is 16.3 Å². The molecule has 0 saturated carbocycles. The van der Waals surface area contributed by atoms with Gasteiger partial charge < -0.3 is 9.64 Å². The Morgan fingerprint density at radius 2 is 1.96 bits per heavy atom. The van der Waals surface area contributed by atoms with Crippen molar-refractivity contribution < 1.29 is 17.5 Å². The van der Waals surface area contributed by atoms with Gasteiger partial charge in [-0.1, -0.05) is 23.7 Å². The van der Waals surface area contributed by atoms with E-state index in [-0.39, 0.29) is 22.5 Å². The maximum absolute atomic E-state index is 13.1. The molecule has 2 rings (SSSR count). The molecule has 2 aromatic rings. The second kappa shape index (κ2) is 8.14. The third-order valence-corrected chi connectivity index (χ3v) is 5.66. The Bertz CT molecular complexity index is 844. The van der Waals surface area contributed by atoms with Gasteiger partial charge in [0.2, 0.25) is 10.0 Å². The van der Waals surface area contributed by atoms with E-state index in [0.717, 1.165) is 23.8 Å². The number of sulfonamides is 1. The van der Waals surface area contributed by atoms with Crippen molar-refractivity contribution in [2.24, 2.45) is 0 Å². The summed E-state index contributed by atoms with van der Waals surface area (Å²) in [6.07, 6.45) is 0. The maximum atomic E-state index is 13.1. The van der Waals surface area contributed by atoms with E-state index in [9.17, 15) is 12.8 Å². The van der Waals surface area contributed by atoms with E-state index in [0.29, 0.717) is 5.75 Å². The monoisotopic (exact) mass is 386 g/mol. The Morgan fingerprint density at radius 3 is 2.56 bits per heavy atom. The zero-order valence-corrected chi connectivity index (χ0v) is 15.7. The molecule has 0 fully saturated rings. The molecule has 0 spiro atoms. The van der Waals surface area contributed by atoms with Crippen LogP contribution in [0.25, 0.3) is 0 Å². The third-order valence-electron chi connectivity index (χ3n) is 3.75. The second-order valence-corrected chi connectivity index (χ2v) is 7.83. The first-order valence-electron chi connectivity index (χ1n) is 7.49. The van der Waals surface area contributed by atoms with Gasteiger partial charge in [-0.2, -0.15) is 0 Å². The van der Waals surface area contributed by atoms with Crippen molar-refractivity contribution in [2.75, 3.05) is 27.7 Å². The van der Waals surface area contributed by atoms with Gasteiger partial charge in [-0.25, -0.2) is 17.5 Å². The topological polar surface area (TPSA) is 58.6 Å². The van der Waals surface area contributed by atoms with Crippen LogP contribution in [0.5, 0.6) is 5.75 Å². The Labute approximate surface area is 152 Å². The summed E-state index contributed by atoms with van der Waals surface area (Å²) in [7, 11) is 1.41. The van der Waals surface area contributed by atoms with E-state index < -0.39 is 15.8 Å². The Morgan fingerprint density at radius 1 is 1.24 bits per heavy atom. The first-order chi connectivity index (χ1) is 11.7. The molecule has 2 aromatic carbocycles. The fourth-order valence-corrected chi connectivity index (χ4v) is 3.97. The van der Waals surface area contributed by atoms with Gasteiger partial charge in [0.05, 0.1) is 12.1 Å². The molecule has 25 heavy (non-hydrogen) atoms. The summed E-state index contributed by atoms with van der Waals surface area (Å²) in [5.74, 6) is 0.0975. The minimum atomic E-state index is -3.87. The van der Waals surface area contributed by atoms with Crippen LogP contribution in [-0.2, 0) is 10.0 Å². The lowest BCUT2D eigenvalue weighted by molar-refractivity contribution is 0.298. The SMILES string of the molecule is COc1cccc(C(CNS(=O)(=O)c2ccc(F)cc2Cl)N(C)C)c1. The largest absolute Gasteiger partial charge is 0.497 e. The number of nitrogens with zero attached hydrogens (tertiary/aromatic N) is 1. The molecule has 0 heterocycles. The molecule has 1 N–H and O–H groups in total. The van der Waals surface area contributed by atoms with Crippen LogP contribution in [0.4, 0.5) is 4.39 Å². The van der Waals surface area contributed by atoms with Gasteiger partial charge in [-0.05, 0) is 50.0 Å². The van der Waals surface area contributed by atoms with Crippen LogP contribution < -0.4 is 9.46 Å². The summed E-state index contributed by atoms with van der Waals surface area (Å²) in [6.45, 7) is 0.121. The lowest BCUT2D eigenvalue weighted by Crippen LogP contribution is -2.34. The number of hydrogen-bond acceptors (Lipinski definition) is 4. The average Bonchev–Trinajstić information content (AvgIpc) is 2.54. The minimum Gasteiger partial charge on any atom is -0.497 e. The third kappa shape index (κ3) is 4.92. The molecular weight excluding hydrogens is 367 g/mol. The fraction of sp³-hybridized carbons (Fsp3) is 0.294. The molecule has 0 aliphatic carbocycles. The van der Waals surface area contributed by atoms with Gasteiger partial charge in [0.25, 0.3) is 0 Å². The van der Waals surface area contributed by atoms with Gasteiger partial charge in [-0.3, -0.25) is 0 Å². The quantitative estimate of drug-likeness (QED) is 0.794. The van der Waals surface area contributed by atoms with Gasteiger partial charge in [0, 0.05) is 12.6 Å². The van der Waals surface area contributed by atoms with Crippen molar-refractivity contribution in [2.45, 2.75) is 10.9 Å².